The summed E-state index contributed by atoms with van der Waals surface area (Å²) >= 11 is 0. The third-order valence-corrected chi connectivity index (χ3v) is 2.06. The molecule has 80 valence electrons. The SMILES string of the molecule is CCN(N)CNC(C)CCN(C)C. The minimum absolute atomic E-state index is 0.528. The Kier molecular flexibility index (Phi) is 7.17. The fraction of sp³-hybridized carbons (Fsp3) is 1.00. The summed E-state index contributed by atoms with van der Waals surface area (Å²) in [5.74, 6) is 5.64. The van der Waals surface area contributed by atoms with Gasteiger partial charge in [-0.05, 0) is 34.0 Å². The summed E-state index contributed by atoms with van der Waals surface area (Å²) in [6, 6.07) is 0.528. The fourth-order valence-corrected chi connectivity index (χ4v) is 0.939. The second kappa shape index (κ2) is 7.26. The molecule has 0 aliphatic carbocycles. The Labute approximate surface area is 82.0 Å². The lowest BCUT2D eigenvalue weighted by Crippen LogP contribution is -2.43. The van der Waals surface area contributed by atoms with Crippen LogP contribution < -0.4 is 11.2 Å². The highest BCUT2D eigenvalue weighted by molar-refractivity contribution is 4.61. The molecule has 0 radical (unpaired) electrons. The summed E-state index contributed by atoms with van der Waals surface area (Å²) in [5, 5.41) is 5.13. The van der Waals surface area contributed by atoms with Crippen LogP contribution in [0, 0.1) is 0 Å². The highest BCUT2D eigenvalue weighted by Crippen LogP contribution is 1.91. The number of nitrogens with zero attached hydrogens (tertiary/aromatic N) is 2. The molecule has 1 unspecified atom stereocenters. The van der Waals surface area contributed by atoms with Crippen molar-refractivity contribution in [1.29, 1.82) is 0 Å². The Balaban J connectivity index is 3.34. The molecule has 0 bridgehead atoms. The molecular weight excluding hydrogens is 164 g/mol. The first-order valence-corrected chi connectivity index (χ1v) is 4.94. The summed E-state index contributed by atoms with van der Waals surface area (Å²) < 4.78 is 0. The molecule has 0 aliphatic heterocycles. The maximum absolute atomic E-state index is 5.64. The third-order valence-electron chi connectivity index (χ3n) is 2.06. The molecule has 3 N–H and O–H groups in total. The van der Waals surface area contributed by atoms with E-state index < -0.39 is 0 Å². The van der Waals surface area contributed by atoms with Crippen molar-refractivity contribution in [2.45, 2.75) is 26.3 Å². The molecule has 0 rings (SSSR count). The Morgan fingerprint density at radius 3 is 2.46 bits per heavy atom. The van der Waals surface area contributed by atoms with E-state index in [-0.39, 0.29) is 0 Å². The first-order valence-electron chi connectivity index (χ1n) is 4.94. The predicted molar refractivity (Wildman–Crippen MR) is 57.2 cm³/mol. The van der Waals surface area contributed by atoms with E-state index in [1.165, 1.54) is 0 Å². The van der Waals surface area contributed by atoms with Crippen LogP contribution in [0.2, 0.25) is 0 Å². The van der Waals surface area contributed by atoms with Crippen LogP contribution in [0.5, 0.6) is 0 Å². The summed E-state index contributed by atoms with van der Waals surface area (Å²) in [5.41, 5.74) is 0. The molecule has 4 heteroatoms. The van der Waals surface area contributed by atoms with Crippen LogP contribution in [0.3, 0.4) is 0 Å². The molecule has 0 amide bonds. The standard InChI is InChI=1S/C9H24N4/c1-5-13(10)8-11-9(2)6-7-12(3)4/h9,11H,5-8,10H2,1-4H3. The zero-order valence-corrected chi connectivity index (χ0v) is 9.38. The van der Waals surface area contributed by atoms with Gasteiger partial charge >= 0.3 is 0 Å². The third kappa shape index (κ3) is 8.18. The Bertz CT molecular complexity index is 116. The molecule has 0 saturated heterocycles. The molecule has 4 nitrogen and oxygen atoms in total. The van der Waals surface area contributed by atoms with E-state index in [0.717, 1.165) is 26.2 Å². The van der Waals surface area contributed by atoms with Gasteiger partial charge < -0.3 is 10.2 Å². The van der Waals surface area contributed by atoms with Gasteiger partial charge in [0.1, 0.15) is 0 Å². The fourth-order valence-electron chi connectivity index (χ4n) is 0.939. The molecular formula is C9H24N4. The van der Waals surface area contributed by atoms with Crippen LogP contribution in [0.15, 0.2) is 0 Å². The molecule has 0 aromatic carbocycles. The minimum atomic E-state index is 0.528. The van der Waals surface area contributed by atoms with Crippen LogP contribution in [0.25, 0.3) is 0 Å². The van der Waals surface area contributed by atoms with Gasteiger partial charge in [-0.15, -0.1) is 0 Å². The topological polar surface area (TPSA) is 44.5 Å². The quantitative estimate of drug-likeness (QED) is 0.337. The van der Waals surface area contributed by atoms with Gasteiger partial charge in [-0.2, -0.15) is 0 Å². The van der Waals surface area contributed by atoms with E-state index in [4.69, 9.17) is 5.84 Å². The number of nitrogens with two attached hydrogens (primary N) is 1. The summed E-state index contributed by atoms with van der Waals surface area (Å²) in [6.45, 7) is 7.00. The van der Waals surface area contributed by atoms with E-state index in [2.05, 4.69) is 31.2 Å². The highest BCUT2D eigenvalue weighted by atomic mass is 15.4. The highest BCUT2D eigenvalue weighted by Gasteiger charge is 2.02. The van der Waals surface area contributed by atoms with Gasteiger partial charge in [0.15, 0.2) is 0 Å². The van der Waals surface area contributed by atoms with Crippen LogP contribution in [0.1, 0.15) is 20.3 Å². The van der Waals surface area contributed by atoms with E-state index >= 15 is 0 Å². The zero-order valence-electron chi connectivity index (χ0n) is 9.38. The van der Waals surface area contributed by atoms with Gasteiger partial charge in [-0.25, -0.2) is 5.01 Å². The van der Waals surface area contributed by atoms with Gasteiger partial charge in [0.2, 0.25) is 0 Å². The van der Waals surface area contributed by atoms with E-state index in [1.807, 2.05) is 6.92 Å². The normalized spacial score (nSPS) is 14.1. The minimum Gasteiger partial charge on any atom is -0.309 e. The molecule has 0 saturated carbocycles. The maximum atomic E-state index is 5.64. The Hall–Kier alpha value is -0.160. The number of hydrazine groups is 1. The first kappa shape index (κ1) is 12.8. The predicted octanol–water partition coefficient (Wildman–Crippen LogP) is 0.0693. The lowest BCUT2D eigenvalue weighted by Gasteiger charge is -2.20. The van der Waals surface area contributed by atoms with E-state index in [0.29, 0.717) is 6.04 Å². The Morgan fingerprint density at radius 1 is 1.38 bits per heavy atom. The van der Waals surface area contributed by atoms with Crippen molar-refractivity contribution in [1.82, 2.24) is 15.2 Å². The average molecular weight is 188 g/mol. The van der Waals surface area contributed by atoms with Crippen molar-refractivity contribution >= 4 is 0 Å². The smallest absolute Gasteiger partial charge is 0.0620 e. The summed E-state index contributed by atoms with van der Waals surface area (Å²) in [7, 11) is 4.18. The molecule has 0 fully saturated rings. The average Bonchev–Trinajstić information content (AvgIpc) is 2.10. The van der Waals surface area contributed by atoms with E-state index in [9.17, 15) is 0 Å². The van der Waals surface area contributed by atoms with Gasteiger partial charge in [-0.3, -0.25) is 5.84 Å². The van der Waals surface area contributed by atoms with Crippen molar-refractivity contribution in [2.24, 2.45) is 5.84 Å². The maximum Gasteiger partial charge on any atom is 0.0620 e. The summed E-state index contributed by atoms with van der Waals surface area (Å²) in [4.78, 5) is 2.19. The Morgan fingerprint density at radius 2 is 2.00 bits per heavy atom. The van der Waals surface area contributed by atoms with E-state index in [1.54, 1.807) is 5.01 Å². The summed E-state index contributed by atoms with van der Waals surface area (Å²) in [6.07, 6.45) is 1.16. The number of rotatable bonds is 7. The van der Waals surface area contributed by atoms with Crippen LogP contribution >= 0.6 is 0 Å². The lowest BCUT2D eigenvalue weighted by atomic mass is 10.2. The number of nitrogens with one attached hydrogen (secondary N) is 1. The van der Waals surface area contributed by atoms with Crippen molar-refractivity contribution < 1.29 is 0 Å². The van der Waals surface area contributed by atoms with Crippen molar-refractivity contribution in [3.05, 3.63) is 0 Å². The monoisotopic (exact) mass is 188 g/mol. The zero-order chi connectivity index (χ0) is 10.3. The van der Waals surface area contributed by atoms with Crippen molar-refractivity contribution in [3.8, 4) is 0 Å². The molecule has 0 aromatic heterocycles. The van der Waals surface area contributed by atoms with Crippen LogP contribution in [-0.2, 0) is 0 Å². The first-order chi connectivity index (χ1) is 6.06. The second-order valence-electron chi connectivity index (χ2n) is 3.76. The van der Waals surface area contributed by atoms with Gasteiger partial charge in [0.05, 0.1) is 6.67 Å². The van der Waals surface area contributed by atoms with Crippen molar-refractivity contribution in [3.63, 3.8) is 0 Å². The van der Waals surface area contributed by atoms with Crippen LogP contribution in [-0.4, -0.2) is 49.8 Å². The largest absolute Gasteiger partial charge is 0.309 e. The van der Waals surface area contributed by atoms with Gasteiger partial charge in [-0.1, -0.05) is 6.92 Å². The lowest BCUT2D eigenvalue weighted by molar-refractivity contribution is 0.252. The van der Waals surface area contributed by atoms with Gasteiger partial charge in [0, 0.05) is 12.6 Å². The van der Waals surface area contributed by atoms with Gasteiger partial charge in [0.25, 0.3) is 0 Å². The second-order valence-corrected chi connectivity index (χ2v) is 3.76. The van der Waals surface area contributed by atoms with Crippen LogP contribution in [0.4, 0.5) is 0 Å². The molecule has 0 aliphatic rings. The number of hydrogen-bond donors (Lipinski definition) is 2. The molecule has 1 atom stereocenters. The molecule has 0 aromatic rings. The number of hydrogen-bond acceptors (Lipinski definition) is 4. The molecule has 13 heavy (non-hydrogen) atoms. The molecule has 0 spiro atoms. The molecule has 0 heterocycles. The van der Waals surface area contributed by atoms with Crippen molar-refractivity contribution in [2.75, 3.05) is 33.9 Å².